The molecular weight excluding hydrogens is 395 g/mol. The number of aromatic nitrogens is 2. The van der Waals surface area contributed by atoms with Crippen LogP contribution >= 0.6 is 0 Å². The number of carbonyl (C=O) groups excluding carboxylic acids is 3. The van der Waals surface area contributed by atoms with Gasteiger partial charge in [-0.05, 0) is 0 Å². The van der Waals surface area contributed by atoms with Gasteiger partial charge in [-0.25, -0.2) is 4.79 Å². The van der Waals surface area contributed by atoms with E-state index in [4.69, 9.17) is 18.9 Å². The Hall–Kier alpha value is -3.28. The number of nitrogens with zero attached hydrogens (tertiary/aromatic N) is 1. The van der Waals surface area contributed by atoms with Crippen molar-refractivity contribution in [2.24, 2.45) is 0 Å². The molecule has 29 heavy (non-hydrogen) atoms. The third-order valence-corrected chi connectivity index (χ3v) is 4.04. The first-order chi connectivity index (χ1) is 13.5. The van der Waals surface area contributed by atoms with Crippen molar-refractivity contribution >= 4 is 17.9 Å². The fourth-order valence-electron chi connectivity index (χ4n) is 2.86. The van der Waals surface area contributed by atoms with Crippen LogP contribution in [-0.2, 0) is 33.3 Å². The highest BCUT2D eigenvalue weighted by molar-refractivity contribution is 5.68. The van der Waals surface area contributed by atoms with E-state index in [1.54, 1.807) is 4.98 Å². The molecule has 1 aromatic rings. The first kappa shape index (κ1) is 22.0. The molecule has 0 radical (unpaired) electrons. The molecule has 0 spiro atoms. The Balaban J connectivity index is 2.64. The van der Waals surface area contributed by atoms with E-state index in [9.17, 15) is 28.4 Å². The third kappa shape index (κ3) is 4.59. The summed E-state index contributed by atoms with van der Waals surface area (Å²) >= 11 is 0. The number of carbonyl (C=O) groups is 3. The normalized spacial score (nSPS) is 25.9. The van der Waals surface area contributed by atoms with Crippen molar-refractivity contribution in [3.63, 3.8) is 0 Å². The molecule has 1 fully saturated rings. The molecule has 2 heterocycles. The molecule has 1 aliphatic heterocycles. The van der Waals surface area contributed by atoms with Gasteiger partial charge in [-0.3, -0.25) is 28.7 Å². The Kier molecular flexibility index (Phi) is 6.37. The van der Waals surface area contributed by atoms with Crippen molar-refractivity contribution in [3.05, 3.63) is 45.5 Å². The van der Waals surface area contributed by atoms with Gasteiger partial charge in [-0.1, -0.05) is 12.7 Å². The van der Waals surface area contributed by atoms with Crippen molar-refractivity contribution in [2.75, 3.05) is 6.61 Å². The molecule has 0 bridgehead atoms. The van der Waals surface area contributed by atoms with E-state index < -0.39 is 65.6 Å². The van der Waals surface area contributed by atoms with Gasteiger partial charge in [0.25, 0.3) is 5.56 Å². The molecule has 11 nitrogen and oxygen atoms in total. The van der Waals surface area contributed by atoms with E-state index in [1.807, 2.05) is 0 Å². The van der Waals surface area contributed by atoms with Crippen LogP contribution in [0.1, 0.15) is 27.0 Å². The molecule has 12 heteroatoms. The summed E-state index contributed by atoms with van der Waals surface area (Å²) in [5.74, 6) is -3.64. The molecule has 0 aliphatic carbocycles. The number of halogens is 1. The SMILES string of the molecule is C=C[C@]1(COC(C)=O)O[C@@H](n2cc(F)c(=O)[nH]c2=O)[C@@H](OC(C)=O)[C@@H]1OC(C)=O. The summed E-state index contributed by atoms with van der Waals surface area (Å²) in [6.45, 7) is 6.31. The smallest absolute Gasteiger partial charge is 0.330 e. The standard InChI is InChI=1S/C17H19FN2O9/c1-5-17(7-26-8(2)21)13(28-10(4)23)12(27-9(3)22)15(29-17)20-6-11(18)14(24)19-16(20)25/h5-6,12-13,15H,1,7H2,2-4H3,(H,19,24,25)/t12-,13-,15+,17+/m0/s1. The monoisotopic (exact) mass is 414 g/mol. The van der Waals surface area contributed by atoms with Crippen molar-refractivity contribution < 1.29 is 37.7 Å². The molecule has 1 N–H and O–H groups in total. The molecule has 1 aliphatic rings. The Bertz CT molecular complexity index is 953. The minimum atomic E-state index is -1.74. The summed E-state index contributed by atoms with van der Waals surface area (Å²) in [5, 5.41) is 0. The Morgan fingerprint density at radius 2 is 1.86 bits per heavy atom. The summed E-state index contributed by atoms with van der Waals surface area (Å²) in [7, 11) is 0. The highest BCUT2D eigenvalue weighted by Crippen LogP contribution is 2.41. The number of ether oxygens (including phenoxy) is 4. The van der Waals surface area contributed by atoms with E-state index >= 15 is 0 Å². The van der Waals surface area contributed by atoms with Gasteiger partial charge in [0.2, 0.25) is 5.82 Å². The Morgan fingerprint density at radius 1 is 1.24 bits per heavy atom. The molecule has 1 aromatic heterocycles. The molecule has 0 unspecified atom stereocenters. The lowest BCUT2D eigenvalue weighted by Crippen LogP contribution is -2.49. The molecular formula is C17H19FN2O9. The minimum Gasteiger partial charge on any atom is -0.462 e. The summed E-state index contributed by atoms with van der Waals surface area (Å²) < 4.78 is 35.5. The maximum Gasteiger partial charge on any atom is 0.330 e. The van der Waals surface area contributed by atoms with Crippen molar-refractivity contribution in [3.8, 4) is 0 Å². The number of aromatic amines is 1. The lowest BCUT2D eigenvalue weighted by atomic mass is 9.95. The van der Waals surface area contributed by atoms with Gasteiger partial charge in [-0.15, -0.1) is 0 Å². The molecule has 0 saturated carbocycles. The van der Waals surface area contributed by atoms with Crippen molar-refractivity contribution in [2.45, 2.75) is 44.8 Å². The highest BCUT2D eigenvalue weighted by atomic mass is 19.1. The maximum absolute atomic E-state index is 13.8. The zero-order valence-electron chi connectivity index (χ0n) is 15.8. The number of hydrogen-bond acceptors (Lipinski definition) is 9. The van der Waals surface area contributed by atoms with Crippen LogP contribution in [-0.4, -0.2) is 51.9 Å². The molecule has 1 saturated heterocycles. The first-order valence-corrected chi connectivity index (χ1v) is 8.31. The van der Waals surface area contributed by atoms with E-state index in [2.05, 4.69) is 6.58 Å². The summed E-state index contributed by atoms with van der Waals surface area (Å²) in [6.07, 6.45) is -2.72. The van der Waals surface area contributed by atoms with Gasteiger partial charge in [0, 0.05) is 20.8 Å². The van der Waals surface area contributed by atoms with Crippen LogP contribution < -0.4 is 11.2 Å². The second kappa shape index (κ2) is 8.39. The van der Waals surface area contributed by atoms with Gasteiger partial charge in [0.15, 0.2) is 24.0 Å². The predicted molar refractivity (Wildman–Crippen MR) is 92.1 cm³/mol. The number of rotatable bonds is 6. The average molecular weight is 414 g/mol. The summed E-state index contributed by atoms with van der Waals surface area (Å²) in [4.78, 5) is 59.8. The van der Waals surface area contributed by atoms with Crippen LogP contribution in [0.15, 0.2) is 28.4 Å². The molecule has 2 rings (SSSR count). The van der Waals surface area contributed by atoms with Crippen LogP contribution in [0.3, 0.4) is 0 Å². The van der Waals surface area contributed by atoms with E-state index in [1.165, 1.54) is 0 Å². The second-order valence-corrected chi connectivity index (χ2v) is 6.20. The van der Waals surface area contributed by atoms with E-state index in [-0.39, 0.29) is 0 Å². The molecule has 0 amide bonds. The third-order valence-electron chi connectivity index (χ3n) is 4.04. The lowest BCUT2D eigenvalue weighted by Gasteiger charge is -2.30. The van der Waals surface area contributed by atoms with Crippen molar-refractivity contribution in [1.29, 1.82) is 0 Å². The number of H-pyrrole nitrogens is 1. The Labute approximate surface area is 163 Å². The number of nitrogens with one attached hydrogen (secondary N) is 1. The second-order valence-electron chi connectivity index (χ2n) is 6.20. The van der Waals surface area contributed by atoms with Crippen LogP contribution in [0.25, 0.3) is 0 Å². The summed E-state index contributed by atoms with van der Waals surface area (Å²) in [5.41, 5.74) is -4.08. The van der Waals surface area contributed by atoms with Crippen molar-refractivity contribution in [1.82, 2.24) is 9.55 Å². The van der Waals surface area contributed by atoms with Gasteiger partial charge in [0.1, 0.15) is 6.61 Å². The molecule has 0 aromatic carbocycles. The van der Waals surface area contributed by atoms with Crippen LogP contribution in [0.5, 0.6) is 0 Å². The summed E-state index contributed by atoms with van der Waals surface area (Å²) in [6, 6.07) is 0. The number of esters is 3. The quantitative estimate of drug-likeness (QED) is 0.372. The average Bonchev–Trinajstić information content (AvgIpc) is 2.89. The first-order valence-electron chi connectivity index (χ1n) is 8.31. The van der Waals surface area contributed by atoms with Gasteiger partial charge in [-0.2, -0.15) is 4.39 Å². The largest absolute Gasteiger partial charge is 0.462 e. The molecule has 4 atom stereocenters. The van der Waals surface area contributed by atoms with Gasteiger partial charge >= 0.3 is 23.6 Å². The zero-order chi connectivity index (χ0) is 21.9. The Morgan fingerprint density at radius 3 is 2.38 bits per heavy atom. The number of hydrogen-bond donors (Lipinski definition) is 1. The predicted octanol–water partition coefficient (Wildman–Crippen LogP) is -0.444. The van der Waals surface area contributed by atoms with Gasteiger partial charge in [0.05, 0.1) is 6.20 Å². The van der Waals surface area contributed by atoms with Crippen LogP contribution in [0.2, 0.25) is 0 Å². The van der Waals surface area contributed by atoms with Gasteiger partial charge < -0.3 is 18.9 Å². The van der Waals surface area contributed by atoms with E-state index in [0.717, 1.165) is 26.8 Å². The topological polar surface area (TPSA) is 143 Å². The van der Waals surface area contributed by atoms with Crippen LogP contribution in [0, 0.1) is 5.82 Å². The van der Waals surface area contributed by atoms with E-state index in [0.29, 0.717) is 10.8 Å². The fraction of sp³-hybridized carbons (Fsp3) is 0.471. The maximum atomic E-state index is 13.8. The zero-order valence-corrected chi connectivity index (χ0v) is 15.8. The van der Waals surface area contributed by atoms with Crippen LogP contribution in [0.4, 0.5) is 4.39 Å². The molecule has 158 valence electrons. The fourth-order valence-corrected chi connectivity index (χ4v) is 2.86. The lowest BCUT2D eigenvalue weighted by molar-refractivity contribution is -0.170. The minimum absolute atomic E-state index is 0.515. The highest BCUT2D eigenvalue weighted by Gasteiger charge is 2.59.